The predicted octanol–water partition coefficient (Wildman–Crippen LogP) is 3.40. The van der Waals surface area contributed by atoms with Crippen molar-refractivity contribution in [3.05, 3.63) is 66.4 Å². The van der Waals surface area contributed by atoms with E-state index in [2.05, 4.69) is 16.4 Å². The molecule has 0 saturated heterocycles. The smallest absolute Gasteiger partial charge is 0.230 e. The number of carbonyl (C=O) groups excluding carboxylic acids is 2. The number of carbonyl (C=O) groups is 2. The first-order valence-electron chi connectivity index (χ1n) is 9.26. The van der Waals surface area contributed by atoms with E-state index in [0.717, 1.165) is 23.0 Å². The average Bonchev–Trinajstić information content (AvgIpc) is 3.40. The Morgan fingerprint density at radius 2 is 1.85 bits per heavy atom. The van der Waals surface area contributed by atoms with E-state index in [1.807, 2.05) is 53.4 Å². The van der Waals surface area contributed by atoms with E-state index in [9.17, 15) is 9.59 Å². The van der Waals surface area contributed by atoms with Gasteiger partial charge in [0.2, 0.25) is 11.8 Å². The molecule has 5 heteroatoms. The van der Waals surface area contributed by atoms with Crippen LogP contribution >= 0.6 is 0 Å². The van der Waals surface area contributed by atoms with Gasteiger partial charge >= 0.3 is 0 Å². The average molecular weight is 357 g/mol. The van der Waals surface area contributed by atoms with Crippen LogP contribution in [0.1, 0.15) is 12.0 Å². The lowest BCUT2D eigenvalue weighted by molar-refractivity contribution is -0.123. The summed E-state index contributed by atoms with van der Waals surface area (Å²) in [5.41, 5.74) is 3.66. The first kappa shape index (κ1) is 16.0. The third-order valence-electron chi connectivity index (χ3n) is 5.49. The summed E-state index contributed by atoms with van der Waals surface area (Å²) in [5, 5.41) is 3.95. The van der Waals surface area contributed by atoms with Crippen molar-refractivity contribution in [1.29, 1.82) is 0 Å². The second-order valence-corrected chi connectivity index (χ2v) is 7.19. The second-order valence-electron chi connectivity index (χ2n) is 7.19. The van der Waals surface area contributed by atoms with E-state index in [4.69, 9.17) is 0 Å². The summed E-state index contributed by atoms with van der Waals surface area (Å²) in [6, 6.07) is 17.6. The summed E-state index contributed by atoms with van der Waals surface area (Å²) < 4.78 is 0. The number of benzene rings is 2. The molecule has 2 unspecified atom stereocenters. The van der Waals surface area contributed by atoms with Crippen molar-refractivity contribution >= 4 is 34.1 Å². The summed E-state index contributed by atoms with van der Waals surface area (Å²) >= 11 is 0. The second kappa shape index (κ2) is 6.20. The van der Waals surface area contributed by atoms with Crippen LogP contribution in [0.4, 0.5) is 11.4 Å². The van der Waals surface area contributed by atoms with E-state index in [1.165, 1.54) is 5.56 Å². The molecule has 0 radical (unpaired) electrons. The Kier molecular flexibility index (Phi) is 3.67. The lowest BCUT2D eigenvalue weighted by atomic mass is 10.1. The maximum absolute atomic E-state index is 12.9. The number of fused-ring (bicyclic) bond motifs is 2. The van der Waals surface area contributed by atoms with Gasteiger partial charge < -0.3 is 10.2 Å². The zero-order valence-electron chi connectivity index (χ0n) is 14.8. The Morgan fingerprint density at radius 1 is 1.00 bits per heavy atom. The van der Waals surface area contributed by atoms with E-state index >= 15 is 0 Å². The van der Waals surface area contributed by atoms with Crippen molar-refractivity contribution in [1.82, 2.24) is 4.98 Å². The van der Waals surface area contributed by atoms with Crippen LogP contribution in [0.3, 0.4) is 0 Å². The number of para-hydroxylation sites is 2. The van der Waals surface area contributed by atoms with E-state index in [-0.39, 0.29) is 23.7 Å². The molecule has 1 aromatic heterocycles. The van der Waals surface area contributed by atoms with Gasteiger partial charge in [0.25, 0.3) is 0 Å². The maximum Gasteiger partial charge on any atom is 0.230 e. The SMILES string of the molecule is O=C(Nc1cccc2cccnc12)C1CC1C(=O)N1CCc2ccccc21. The predicted molar refractivity (Wildman–Crippen MR) is 104 cm³/mol. The monoisotopic (exact) mass is 357 g/mol. The third-order valence-corrected chi connectivity index (χ3v) is 5.49. The third kappa shape index (κ3) is 2.76. The Bertz CT molecular complexity index is 1060. The molecule has 2 aromatic carbocycles. The van der Waals surface area contributed by atoms with Crippen molar-refractivity contribution < 1.29 is 9.59 Å². The highest BCUT2D eigenvalue weighted by atomic mass is 16.2. The molecule has 3 aromatic rings. The number of hydrogen-bond acceptors (Lipinski definition) is 3. The Hall–Kier alpha value is -3.21. The molecular formula is C22H19N3O2. The maximum atomic E-state index is 12.9. The van der Waals surface area contributed by atoms with Gasteiger partial charge in [-0.15, -0.1) is 0 Å². The molecule has 2 heterocycles. The number of rotatable bonds is 3. The van der Waals surface area contributed by atoms with E-state index in [1.54, 1.807) is 6.20 Å². The van der Waals surface area contributed by atoms with Crippen LogP contribution in [0.25, 0.3) is 10.9 Å². The number of nitrogens with zero attached hydrogens (tertiary/aromatic N) is 2. The highest BCUT2D eigenvalue weighted by Crippen LogP contribution is 2.43. The highest BCUT2D eigenvalue weighted by Gasteiger charge is 2.50. The number of anilines is 2. The van der Waals surface area contributed by atoms with Crippen LogP contribution in [-0.4, -0.2) is 23.3 Å². The summed E-state index contributed by atoms with van der Waals surface area (Å²) in [5.74, 6) is -0.515. The quantitative estimate of drug-likeness (QED) is 0.781. The lowest BCUT2D eigenvalue weighted by Gasteiger charge is -2.17. The van der Waals surface area contributed by atoms with Crippen LogP contribution < -0.4 is 10.2 Å². The molecule has 5 rings (SSSR count). The highest BCUT2D eigenvalue weighted by molar-refractivity contribution is 6.07. The van der Waals surface area contributed by atoms with Crippen LogP contribution in [0, 0.1) is 11.8 Å². The largest absolute Gasteiger partial charge is 0.324 e. The Balaban J connectivity index is 1.30. The molecule has 1 aliphatic carbocycles. The normalized spacial score (nSPS) is 20.4. The molecular weight excluding hydrogens is 338 g/mol. The van der Waals surface area contributed by atoms with Gasteiger partial charge in [0.15, 0.2) is 0 Å². The molecule has 0 bridgehead atoms. The minimum atomic E-state index is -0.260. The van der Waals surface area contributed by atoms with Crippen molar-refractivity contribution in [2.24, 2.45) is 11.8 Å². The molecule has 2 atom stereocenters. The van der Waals surface area contributed by atoms with Gasteiger partial charge in [-0.2, -0.15) is 0 Å². The van der Waals surface area contributed by atoms with Crippen molar-refractivity contribution in [3.63, 3.8) is 0 Å². The van der Waals surface area contributed by atoms with Crippen LogP contribution in [0.2, 0.25) is 0 Å². The molecule has 0 spiro atoms. The topological polar surface area (TPSA) is 62.3 Å². The van der Waals surface area contributed by atoms with E-state index in [0.29, 0.717) is 18.7 Å². The zero-order chi connectivity index (χ0) is 18.4. The van der Waals surface area contributed by atoms with Crippen molar-refractivity contribution in [3.8, 4) is 0 Å². The molecule has 1 saturated carbocycles. The zero-order valence-corrected chi connectivity index (χ0v) is 14.8. The van der Waals surface area contributed by atoms with Gasteiger partial charge in [-0.3, -0.25) is 14.6 Å². The van der Waals surface area contributed by atoms with Gasteiger partial charge in [0, 0.05) is 23.8 Å². The van der Waals surface area contributed by atoms with Crippen LogP contribution in [0.15, 0.2) is 60.8 Å². The first-order chi connectivity index (χ1) is 13.2. The fourth-order valence-corrected chi connectivity index (χ4v) is 3.96. The minimum absolute atomic E-state index is 0.0659. The minimum Gasteiger partial charge on any atom is -0.324 e. The number of amides is 2. The molecule has 134 valence electrons. The number of pyridine rings is 1. The molecule has 1 N–H and O–H groups in total. The summed E-state index contributed by atoms with van der Waals surface area (Å²) in [4.78, 5) is 31.8. The number of aromatic nitrogens is 1. The van der Waals surface area contributed by atoms with Gasteiger partial charge in [-0.1, -0.05) is 36.4 Å². The number of hydrogen-bond donors (Lipinski definition) is 1. The van der Waals surface area contributed by atoms with Gasteiger partial charge in [-0.05, 0) is 36.6 Å². The summed E-state index contributed by atoms with van der Waals surface area (Å²) in [6.07, 6.45) is 3.21. The van der Waals surface area contributed by atoms with Crippen LogP contribution in [0.5, 0.6) is 0 Å². The molecule has 5 nitrogen and oxygen atoms in total. The summed E-state index contributed by atoms with van der Waals surface area (Å²) in [7, 11) is 0. The van der Waals surface area contributed by atoms with Gasteiger partial charge in [-0.25, -0.2) is 0 Å². The van der Waals surface area contributed by atoms with E-state index < -0.39 is 0 Å². The molecule has 2 amide bonds. The Morgan fingerprint density at radius 3 is 2.78 bits per heavy atom. The van der Waals surface area contributed by atoms with Crippen molar-refractivity contribution in [2.75, 3.05) is 16.8 Å². The van der Waals surface area contributed by atoms with Gasteiger partial charge in [0.05, 0.1) is 23.0 Å². The van der Waals surface area contributed by atoms with Gasteiger partial charge in [0.1, 0.15) is 0 Å². The Labute approximate surface area is 157 Å². The molecule has 1 fully saturated rings. The molecule has 1 aliphatic heterocycles. The molecule has 2 aliphatic rings. The molecule has 27 heavy (non-hydrogen) atoms. The lowest BCUT2D eigenvalue weighted by Crippen LogP contribution is -2.32. The standard InChI is InChI=1S/C22H19N3O2/c26-21(24-18-8-3-6-15-7-4-11-23-20(15)18)16-13-17(16)22(27)25-12-10-14-5-1-2-9-19(14)25/h1-9,11,16-17H,10,12-13H2,(H,24,26). The number of nitrogens with one attached hydrogen (secondary N) is 1. The van der Waals surface area contributed by atoms with Crippen LogP contribution in [-0.2, 0) is 16.0 Å². The fourth-order valence-electron chi connectivity index (χ4n) is 3.96. The summed E-state index contributed by atoms with van der Waals surface area (Å²) in [6.45, 7) is 0.705. The first-order valence-corrected chi connectivity index (χ1v) is 9.26. The van der Waals surface area contributed by atoms with Crippen molar-refractivity contribution in [2.45, 2.75) is 12.8 Å². The fraction of sp³-hybridized carbons (Fsp3) is 0.227.